The van der Waals surface area contributed by atoms with Gasteiger partial charge in [0.1, 0.15) is 0 Å². The maximum absolute atomic E-state index is 12.6. The Hall–Kier alpha value is -0.780. The van der Waals surface area contributed by atoms with Crippen molar-refractivity contribution in [2.24, 2.45) is 17.6 Å². The van der Waals surface area contributed by atoms with Gasteiger partial charge in [-0.2, -0.15) is 13.2 Å². The summed E-state index contributed by atoms with van der Waals surface area (Å²) in [5.74, 6) is -1.05. The first kappa shape index (κ1) is 12.7. The third-order valence-corrected chi connectivity index (χ3v) is 3.59. The molecule has 0 aromatic heterocycles. The Kier molecular flexibility index (Phi) is 3.34. The number of piperidine rings is 1. The SMILES string of the molecule is NC1CN(C(=O)CC2CC2)CCC1C(F)(F)F. The van der Waals surface area contributed by atoms with E-state index < -0.39 is 18.1 Å². The highest BCUT2D eigenvalue weighted by Gasteiger charge is 2.46. The number of amides is 1. The van der Waals surface area contributed by atoms with Gasteiger partial charge >= 0.3 is 6.18 Å². The first-order chi connectivity index (χ1) is 7.88. The molecule has 2 fully saturated rings. The van der Waals surface area contributed by atoms with Gasteiger partial charge in [-0.05, 0) is 25.2 Å². The summed E-state index contributed by atoms with van der Waals surface area (Å²) in [5, 5.41) is 0. The number of carbonyl (C=O) groups is 1. The van der Waals surface area contributed by atoms with E-state index >= 15 is 0 Å². The van der Waals surface area contributed by atoms with Gasteiger partial charge < -0.3 is 10.6 Å². The van der Waals surface area contributed by atoms with Crippen molar-refractivity contribution >= 4 is 5.91 Å². The van der Waals surface area contributed by atoms with Gasteiger partial charge in [0.25, 0.3) is 0 Å². The molecule has 0 aromatic rings. The fourth-order valence-electron chi connectivity index (χ4n) is 2.31. The predicted octanol–water partition coefficient (Wildman–Crippen LogP) is 1.52. The number of halogens is 3. The molecule has 2 aliphatic rings. The molecule has 1 saturated heterocycles. The van der Waals surface area contributed by atoms with Crippen molar-refractivity contribution in [3.8, 4) is 0 Å². The summed E-state index contributed by atoms with van der Waals surface area (Å²) >= 11 is 0. The third kappa shape index (κ3) is 3.12. The monoisotopic (exact) mass is 250 g/mol. The standard InChI is InChI=1S/C11H17F3N2O/c12-11(13,14)8-3-4-16(6-9(8)15)10(17)5-7-1-2-7/h7-9H,1-6,15H2. The van der Waals surface area contributed by atoms with Crippen LogP contribution in [-0.2, 0) is 4.79 Å². The molecule has 6 heteroatoms. The molecule has 98 valence electrons. The van der Waals surface area contributed by atoms with Crippen LogP contribution in [0.5, 0.6) is 0 Å². The molecule has 1 aliphatic carbocycles. The van der Waals surface area contributed by atoms with Crippen LogP contribution < -0.4 is 5.73 Å². The Morgan fingerprint density at radius 3 is 2.41 bits per heavy atom. The number of hydrogen-bond donors (Lipinski definition) is 1. The number of hydrogen-bond acceptors (Lipinski definition) is 2. The quantitative estimate of drug-likeness (QED) is 0.807. The first-order valence-electron chi connectivity index (χ1n) is 5.98. The van der Waals surface area contributed by atoms with Crippen molar-refractivity contribution in [3.05, 3.63) is 0 Å². The molecule has 17 heavy (non-hydrogen) atoms. The highest BCUT2D eigenvalue weighted by Crippen LogP contribution is 2.36. The summed E-state index contributed by atoms with van der Waals surface area (Å²) in [5.41, 5.74) is 5.53. The van der Waals surface area contributed by atoms with Gasteiger partial charge in [0.2, 0.25) is 5.91 Å². The van der Waals surface area contributed by atoms with Crippen LogP contribution in [0.4, 0.5) is 13.2 Å². The molecule has 2 N–H and O–H groups in total. The number of rotatable bonds is 2. The Bertz CT molecular complexity index is 302. The van der Waals surface area contributed by atoms with Crippen molar-refractivity contribution < 1.29 is 18.0 Å². The van der Waals surface area contributed by atoms with Crippen LogP contribution in [0.3, 0.4) is 0 Å². The molecular formula is C11H17F3N2O. The molecule has 1 amide bonds. The molecule has 0 spiro atoms. The summed E-state index contributed by atoms with van der Waals surface area (Å²) < 4.78 is 37.7. The van der Waals surface area contributed by atoms with Gasteiger partial charge in [-0.15, -0.1) is 0 Å². The van der Waals surface area contributed by atoms with Crippen LogP contribution in [0.2, 0.25) is 0 Å². The minimum atomic E-state index is -4.24. The van der Waals surface area contributed by atoms with Crippen molar-refractivity contribution in [1.82, 2.24) is 4.90 Å². The lowest BCUT2D eigenvalue weighted by molar-refractivity contribution is -0.191. The highest BCUT2D eigenvalue weighted by atomic mass is 19.4. The van der Waals surface area contributed by atoms with Gasteiger partial charge in [-0.25, -0.2) is 0 Å². The zero-order valence-electron chi connectivity index (χ0n) is 9.54. The number of alkyl halides is 3. The van der Waals surface area contributed by atoms with E-state index in [-0.39, 0.29) is 25.4 Å². The van der Waals surface area contributed by atoms with E-state index in [1.54, 1.807) is 0 Å². The Morgan fingerprint density at radius 2 is 1.94 bits per heavy atom. The van der Waals surface area contributed by atoms with Crippen molar-refractivity contribution in [1.29, 1.82) is 0 Å². The highest BCUT2D eigenvalue weighted by molar-refractivity contribution is 5.76. The fourth-order valence-corrected chi connectivity index (χ4v) is 2.31. The van der Waals surface area contributed by atoms with Crippen LogP contribution in [0.1, 0.15) is 25.7 Å². The topological polar surface area (TPSA) is 46.3 Å². The number of nitrogens with zero attached hydrogens (tertiary/aromatic N) is 1. The maximum atomic E-state index is 12.6. The minimum absolute atomic E-state index is 0.0374. The molecule has 3 nitrogen and oxygen atoms in total. The normalized spacial score (nSPS) is 30.5. The molecule has 2 unspecified atom stereocenters. The molecule has 0 radical (unpaired) electrons. The molecule has 2 atom stereocenters. The third-order valence-electron chi connectivity index (χ3n) is 3.59. The molecule has 1 heterocycles. The van der Waals surface area contributed by atoms with Gasteiger partial charge in [-0.1, -0.05) is 0 Å². The molecule has 2 rings (SSSR count). The van der Waals surface area contributed by atoms with E-state index in [0.29, 0.717) is 12.3 Å². The summed E-state index contributed by atoms with van der Waals surface area (Å²) in [6.45, 7) is 0.221. The van der Waals surface area contributed by atoms with E-state index in [9.17, 15) is 18.0 Å². The fraction of sp³-hybridized carbons (Fsp3) is 0.909. The molecule has 0 bridgehead atoms. The summed E-state index contributed by atoms with van der Waals surface area (Å²) in [7, 11) is 0. The smallest absolute Gasteiger partial charge is 0.341 e. The van der Waals surface area contributed by atoms with Gasteiger partial charge in [0.05, 0.1) is 5.92 Å². The van der Waals surface area contributed by atoms with Crippen LogP contribution in [0.15, 0.2) is 0 Å². The summed E-state index contributed by atoms with van der Waals surface area (Å²) in [6, 6.07) is -0.980. The zero-order valence-corrected chi connectivity index (χ0v) is 9.54. The summed E-state index contributed by atoms with van der Waals surface area (Å²) in [4.78, 5) is 13.2. The zero-order chi connectivity index (χ0) is 12.6. The summed E-state index contributed by atoms with van der Waals surface area (Å²) in [6.07, 6.45) is -1.71. The van der Waals surface area contributed by atoms with Gasteiger partial charge in [-0.3, -0.25) is 4.79 Å². The van der Waals surface area contributed by atoms with Crippen LogP contribution in [0, 0.1) is 11.8 Å². The average molecular weight is 250 g/mol. The Labute approximate surface area is 98.1 Å². The lowest BCUT2D eigenvalue weighted by Crippen LogP contribution is -2.54. The van der Waals surface area contributed by atoms with Crippen LogP contribution >= 0.6 is 0 Å². The Balaban J connectivity index is 1.87. The average Bonchev–Trinajstić information content (AvgIpc) is 2.99. The van der Waals surface area contributed by atoms with Crippen molar-refractivity contribution in [2.75, 3.05) is 13.1 Å². The number of nitrogens with two attached hydrogens (primary N) is 1. The van der Waals surface area contributed by atoms with E-state index in [1.165, 1.54) is 4.90 Å². The second-order valence-corrected chi connectivity index (χ2v) is 5.09. The van der Waals surface area contributed by atoms with Crippen molar-refractivity contribution in [3.63, 3.8) is 0 Å². The van der Waals surface area contributed by atoms with Gasteiger partial charge in [0, 0.05) is 25.6 Å². The lowest BCUT2D eigenvalue weighted by Gasteiger charge is -2.37. The van der Waals surface area contributed by atoms with E-state index in [0.717, 1.165) is 12.8 Å². The number of carbonyl (C=O) groups excluding carboxylic acids is 1. The van der Waals surface area contributed by atoms with Gasteiger partial charge in [0.15, 0.2) is 0 Å². The molecule has 1 saturated carbocycles. The first-order valence-corrected chi connectivity index (χ1v) is 5.98. The van der Waals surface area contributed by atoms with E-state index in [4.69, 9.17) is 5.73 Å². The second kappa shape index (κ2) is 4.48. The van der Waals surface area contributed by atoms with Crippen LogP contribution in [0.25, 0.3) is 0 Å². The van der Waals surface area contributed by atoms with E-state index in [2.05, 4.69) is 0 Å². The minimum Gasteiger partial charge on any atom is -0.341 e. The van der Waals surface area contributed by atoms with E-state index in [1.807, 2.05) is 0 Å². The largest absolute Gasteiger partial charge is 0.393 e. The molecule has 1 aliphatic heterocycles. The number of likely N-dealkylation sites (tertiary alicyclic amines) is 1. The maximum Gasteiger partial charge on any atom is 0.393 e. The van der Waals surface area contributed by atoms with Crippen LogP contribution in [-0.4, -0.2) is 36.1 Å². The molecular weight excluding hydrogens is 233 g/mol. The second-order valence-electron chi connectivity index (χ2n) is 5.09. The predicted molar refractivity (Wildman–Crippen MR) is 56.1 cm³/mol. The molecule has 0 aromatic carbocycles. The van der Waals surface area contributed by atoms with Crippen molar-refractivity contribution in [2.45, 2.75) is 37.9 Å². The Morgan fingerprint density at radius 1 is 1.29 bits per heavy atom. The lowest BCUT2D eigenvalue weighted by atomic mass is 9.91.